The summed E-state index contributed by atoms with van der Waals surface area (Å²) >= 11 is 0. The van der Waals surface area contributed by atoms with Crippen molar-refractivity contribution in [2.75, 3.05) is 13.2 Å². The lowest BCUT2D eigenvalue weighted by Gasteiger charge is -2.18. The van der Waals surface area contributed by atoms with E-state index in [1.165, 1.54) is 109 Å². The van der Waals surface area contributed by atoms with Gasteiger partial charge in [-0.3, -0.25) is 14.4 Å². The van der Waals surface area contributed by atoms with Crippen LogP contribution in [0.15, 0.2) is 97.2 Å². The van der Waals surface area contributed by atoms with Crippen LogP contribution in [-0.2, 0) is 28.6 Å². The van der Waals surface area contributed by atoms with Crippen molar-refractivity contribution >= 4 is 17.9 Å². The highest BCUT2D eigenvalue weighted by atomic mass is 16.6. The lowest BCUT2D eigenvalue weighted by molar-refractivity contribution is -0.167. The molecule has 68 heavy (non-hydrogen) atoms. The van der Waals surface area contributed by atoms with Gasteiger partial charge in [-0.2, -0.15) is 0 Å². The molecule has 0 bridgehead atoms. The molecule has 0 saturated carbocycles. The Morgan fingerprint density at radius 3 is 0.912 bits per heavy atom. The van der Waals surface area contributed by atoms with E-state index in [0.717, 1.165) is 109 Å². The van der Waals surface area contributed by atoms with Gasteiger partial charge in [0.25, 0.3) is 0 Å². The van der Waals surface area contributed by atoms with Crippen molar-refractivity contribution in [1.29, 1.82) is 0 Å². The zero-order valence-corrected chi connectivity index (χ0v) is 44.3. The summed E-state index contributed by atoms with van der Waals surface area (Å²) in [4.78, 5) is 38.1. The minimum absolute atomic E-state index is 0.110. The predicted molar refractivity (Wildman–Crippen MR) is 293 cm³/mol. The maximum atomic E-state index is 12.8. The number of carbonyl (C=O) groups excluding carboxylic acids is 3. The molecule has 6 heteroatoms. The highest BCUT2D eigenvalue weighted by Crippen LogP contribution is 2.13. The Kier molecular flexibility index (Phi) is 52.9. The fraction of sp³-hybridized carbons (Fsp3) is 0.694. The topological polar surface area (TPSA) is 78.9 Å². The van der Waals surface area contributed by atoms with Gasteiger partial charge in [-0.25, -0.2) is 0 Å². The smallest absolute Gasteiger partial charge is 0.306 e. The summed E-state index contributed by atoms with van der Waals surface area (Å²) < 4.78 is 16.8. The number of hydrogen-bond donors (Lipinski definition) is 0. The van der Waals surface area contributed by atoms with Gasteiger partial charge in [0.1, 0.15) is 13.2 Å². The molecule has 0 spiro atoms. The van der Waals surface area contributed by atoms with Crippen molar-refractivity contribution < 1.29 is 28.6 Å². The molecule has 0 radical (unpaired) electrons. The van der Waals surface area contributed by atoms with E-state index in [4.69, 9.17) is 14.2 Å². The van der Waals surface area contributed by atoms with Crippen molar-refractivity contribution in [2.24, 2.45) is 0 Å². The van der Waals surface area contributed by atoms with E-state index in [1.807, 2.05) is 0 Å². The van der Waals surface area contributed by atoms with Crippen LogP contribution in [0.5, 0.6) is 0 Å². The molecular formula is C62H104O6. The summed E-state index contributed by atoms with van der Waals surface area (Å²) in [5.41, 5.74) is 0. The van der Waals surface area contributed by atoms with Gasteiger partial charge in [0.05, 0.1) is 0 Å². The van der Waals surface area contributed by atoms with E-state index in [-0.39, 0.29) is 31.1 Å². The summed E-state index contributed by atoms with van der Waals surface area (Å²) in [7, 11) is 0. The lowest BCUT2D eigenvalue weighted by atomic mass is 10.1. The summed E-state index contributed by atoms with van der Waals surface area (Å²) in [6, 6.07) is 0. The van der Waals surface area contributed by atoms with Crippen molar-refractivity contribution in [1.82, 2.24) is 0 Å². The molecule has 0 unspecified atom stereocenters. The highest BCUT2D eigenvalue weighted by molar-refractivity contribution is 5.71. The number of unbranched alkanes of at least 4 members (excludes halogenated alkanes) is 23. The Bertz CT molecular complexity index is 1360. The second kappa shape index (κ2) is 55.9. The number of rotatable bonds is 50. The van der Waals surface area contributed by atoms with E-state index in [9.17, 15) is 14.4 Å². The van der Waals surface area contributed by atoms with Crippen LogP contribution in [-0.4, -0.2) is 37.2 Å². The van der Waals surface area contributed by atoms with Gasteiger partial charge in [0.15, 0.2) is 6.10 Å². The first-order valence-electron chi connectivity index (χ1n) is 28.2. The number of carbonyl (C=O) groups is 3. The minimum atomic E-state index is -0.812. The normalized spacial score (nSPS) is 12.8. The zero-order chi connectivity index (χ0) is 49.3. The van der Waals surface area contributed by atoms with Gasteiger partial charge in [-0.05, 0) is 128 Å². The maximum Gasteiger partial charge on any atom is 0.306 e. The van der Waals surface area contributed by atoms with E-state index in [2.05, 4.69) is 118 Å². The molecule has 0 aliphatic rings. The molecule has 388 valence electrons. The molecule has 0 aliphatic heterocycles. The Labute approximate surface area is 419 Å². The second-order valence-corrected chi connectivity index (χ2v) is 18.5. The average molecular weight is 946 g/mol. The van der Waals surface area contributed by atoms with Crippen LogP contribution in [0, 0.1) is 0 Å². The Balaban J connectivity index is 4.52. The fourth-order valence-electron chi connectivity index (χ4n) is 7.48. The average Bonchev–Trinajstić information content (AvgIpc) is 3.34. The minimum Gasteiger partial charge on any atom is -0.462 e. The van der Waals surface area contributed by atoms with E-state index in [1.54, 1.807) is 0 Å². The Hall–Kier alpha value is -3.67. The standard InChI is InChI=1S/C62H104O6/c1-4-7-10-13-16-19-22-25-28-30-31-32-35-37-40-43-46-49-52-55-61(64)67-58-59(57-66-60(63)54-51-48-45-42-39-36-33-27-24-21-18-15-12-9-6-3)68-62(65)56-53-50-47-44-41-38-34-29-26-23-20-17-14-11-8-5-2/h16,18-19,21,25,27-29,31-34,37,39-40,42,59H,4-15,17,20,22-24,26,30,35-36,38,41,43-58H2,1-3H3/b19-16-,21-18-,28-25-,32-31-,33-27-,34-29-,40-37-,42-39-/t59-/m1/s1. The number of hydrogen-bond acceptors (Lipinski definition) is 6. The summed E-state index contributed by atoms with van der Waals surface area (Å²) in [6.45, 7) is 6.51. The molecule has 0 aromatic carbocycles. The second-order valence-electron chi connectivity index (χ2n) is 18.5. The molecule has 6 nitrogen and oxygen atoms in total. The summed E-state index contributed by atoms with van der Waals surface area (Å²) in [6.07, 6.45) is 73.9. The fourth-order valence-corrected chi connectivity index (χ4v) is 7.48. The molecule has 0 saturated heterocycles. The third-order valence-corrected chi connectivity index (χ3v) is 11.8. The third kappa shape index (κ3) is 53.3. The van der Waals surface area contributed by atoms with E-state index >= 15 is 0 Å². The molecule has 0 aromatic heterocycles. The lowest BCUT2D eigenvalue weighted by Crippen LogP contribution is -2.30. The molecular weight excluding hydrogens is 841 g/mol. The van der Waals surface area contributed by atoms with E-state index < -0.39 is 6.10 Å². The van der Waals surface area contributed by atoms with Crippen molar-refractivity contribution in [3.8, 4) is 0 Å². The van der Waals surface area contributed by atoms with Crippen LogP contribution in [0.2, 0.25) is 0 Å². The first kappa shape index (κ1) is 64.3. The molecule has 0 aromatic rings. The van der Waals surface area contributed by atoms with Crippen molar-refractivity contribution in [3.05, 3.63) is 97.2 Å². The highest BCUT2D eigenvalue weighted by Gasteiger charge is 2.19. The monoisotopic (exact) mass is 945 g/mol. The predicted octanol–water partition coefficient (Wildman–Crippen LogP) is 18.9. The van der Waals surface area contributed by atoms with Gasteiger partial charge in [-0.1, -0.05) is 208 Å². The van der Waals surface area contributed by atoms with Crippen LogP contribution in [0.25, 0.3) is 0 Å². The number of ether oxygens (including phenoxy) is 3. The molecule has 0 heterocycles. The first-order chi connectivity index (χ1) is 33.5. The summed E-state index contributed by atoms with van der Waals surface area (Å²) in [5, 5.41) is 0. The van der Waals surface area contributed by atoms with Gasteiger partial charge in [-0.15, -0.1) is 0 Å². The van der Waals surface area contributed by atoms with Crippen LogP contribution < -0.4 is 0 Å². The summed E-state index contributed by atoms with van der Waals surface area (Å²) in [5.74, 6) is -0.984. The maximum absolute atomic E-state index is 12.8. The van der Waals surface area contributed by atoms with E-state index in [0.29, 0.717) is 19.3 Å². The first-order valence-corrected chi connectivity index (χ1v) is 28.2. The molecule has 0 aliphatic carbocycles. The zero-order valence-electron chi connectivity index (χ0n) is 44.3. The Morgan fingerprint density at radius 1 is 0.294 bits per heavy atom. The van der Waals surface area contributed by atoms with Crippen LogP contribution >= 0.6 is 0 Å². The van der Waals surface area contributed by atoms with Gasteiger partial charge < -0.3 is 14.2 Å². The van der Waals surface area contributed by atoms with Crippen molar-refractivity contribution in [2.45, 2.75) is 264 Å². The number of esters is 3. The third-order valence-electron chi connectivity index (χ3n) is 11.8. The van der Waals surface area contributed by atoms with Gasteiger partial charge in [0, 0.05) is 19.3 Å². The van der Waals surface area contributed by atoms with Crippen LogP contribution in [0.4, 0.5) is 0 Å². The SMILES string of the molecule is CCCCC/C=C\C/C=C\C/C=C\C/C=C\CCCCCC(=O)OC[C@@H](COC(=O)CCCC/C=C\C/C=C\C/C=C\CCCCC)OC(=O)CCCCCCC/C=C\CCCCCCCCC. The molecule has 1 atom stereocenters. The molecule has 0 amide bonds. The van der Waals surface area contributed by atoms with Gasteiger partial charge >= 0.3 is 17.9 Å². The Morgan fingerprint density at radius 2 is 0.529 bits per heavy atom. The van der Waals surface area contributed by atoms with Crippen molar-refractivity contribution in [3.63, 3.8) is 0 Å². The number of allylic oxidation sites excluding steroid dienone is 16. The van der Waals surface area contributed by atoms with Gasteiger partial charge in [0.2, 0.25) is 0 Å². The molecule has 0 fully saturated rings. The quantitative estimate of drug-likeness (QED) is 0.0262. The van der Waals surface area contributed by atoms with Crippen LogP contribution in [0.3, 0.4) is 0 Å². The van der Waals surface area contributed by atoms with Crippen LogP contribution in [0.1, 0.15) is 258 Å². The largest absolute Gasteiger partial charge is 0.462 e. The molecule has 0 rings (SSSR count). The molecule has 0 N–H and O–H groups in total.